The fraction of sp³-hybridized carbons (Fsp3) is 0.400. The molecule has 0 saturated carbocycles. The zero-order valence-corrected chi connectivity index (χ0v) is 22.8. The van der Waals surface area contributed by atoms with E-state index in [0.717, 1.165) is 37.1 Å². The molecule has 2 atom stereocenters. The molecule has 1 unspecified atom stereocenters. The molecule has 1 fully saturated rings. The summed E-state index contributed by atoms with van der Waals surface area (Å²) in [4.78, 5) is 45.7. The Bertz CT molecular complexity index is 1250. The van der Waals surface area contributed by atoms with E-state index in [1.54, 1.807) is 37.9 Å². The van der Waals surface area contributed by atoms with E-state index in [2.05, 4.69) is 15.6 Å². The van der Waals surface area contributed by atoms with Crippen LogP contribution in [0.5, 0.6) is 0 Å². The molecule has 0 bridgehead atoms. The lowest BCUT2D eigenvalue weighted by Crippen LogP contribution is -2.50. The van der Waals surface area contributed by atoms with Gasteiger partial charge < -0.3 is 24.8 Å². The summed E-state index contributed by atoms with van der Waals surface area (Å²) in [7, 11) is 0. The Hall–Kier alpha value is -3.98. The van der Waals surface area contributed by atoms with Gasteiger partial charge in [-0.25, -0.2) is 4.98 Å². The van der Waals surface area contributed by atoms with Gasteiger partial charge in [-0.1, -0.05) is 81.4 Å². The minimum Gasteiger partial charge on any atom is -0.374 e. The number of benzene rings is 2. The average molecular weight is 532 g/mol. The number of amides is 3. The lowest BCUT2D eigenvalue weighted by atomic mass is 9.95. The molecule has 0 spiro atoms. The van der Waals surface area contributed by atoms with Gasteiger partial charge in [0.15, 0.2) is 5.82 Å². The van der Waals surface area contributed by atoms with E-state index < -0.39 is 23.4 Å². The molecule has 1 aromatic heterocycles. The third-order valence-electron chi connectivity index (χ3n) is 6.62. The van der Waals surface area contributed by atoms with Crippen LogP contribution in [0.3, 0.4) is 0 Å². The maximum atomic E-state index is 13.5. The lowest BCUT2D eigenvalue weighted by molar-refractivity contribution is -0.133. The first kappa shape index (κ1) is 28.0. The van der Waals surface area contributed by atoms with Crippen molar-refractivity contribution in [3.63, 3.8) is 0 Å². The molecule has 2 aromatic carbocycles. The fourth-order valence-corrected chi connectivity index (χ4v) is 4.37. The maximum absolute atomic E-state index is 13.5. The zero-order valence-electron chi connectivity index (χ0n) is 22.8. The molecule has 3 amide bonds. The molecule has 9 nitrogen and oxygen atoms in total. The van der Waals surface area contributed by atoms with E-state index in [0.29, 0.717) is 6.61 Å². The van der Waals surface area contributed by atoms with Gasteiger partial charge in [0, 0.05) is 24.7 Å². The Balaban J connectivity index is 1.48. The number of rotatable bonds is 10. The third kappa shape index (κ3) is 7.54. The molecule has 2 N–H and O–H groups in total. The second kappa shape index (κ2) is 12.7. The number of nitrogens with one attached hydrogen (secondary N) is 2. The molecule has 9 heteroatoms. The van der Waals surface area contributed by atoms with Crippen LogP contribution in [0.15, 0.2) is 73.2 Å². The standard InChI is InChI=1S/C30H37N5O4/c1-30(2,3)29(38)32-24(20-39-19-22-12-6-4-7-13-22)27(36)33-25-18-35(21-31-25)26(23-14-8-5-9-15-23)28(37)34-16-10-11-17-34/h4-9,12-15,18,21,24,26H,10-11,16-17,19-20H2,1-3H3,(H,32,38)(H,33,36)/t24-,26?/m1/s1. The molecule has 206 valence electrons. The quantitative estimate of drug-likeness (QED) is 0.414. The summed E-state index contributed by atoms with van der Waals surface area (Å²) in [6.07, 6.45) is 5.19. The van der Waals surface area contributed by atoms with E-state index in [-0.39, 0.29) is 24.2 Å². The van der Waals surface area contributed by atoms with Gasteiger partial charge in [-0.3, -0.25) is 14.4 Å². The van der Waals surface area contributed by atoms with Gasteiger partial charge in [-0.05, 0) is 24.0 Å². The van der Waals surface area contributed by atoms with Crippen molar-refractivity contribution in [1.29, 1.82) is 0 Å². The molecule has 1 aliphatic rings. The predicted molar refractivity (Wildman–Crippen MR) is 149 cm³/mol. The minimum absolute atomic E-state index is 0.00129. The van der Waals surface area contributed by atoms with Crippen molar-refractivity contribution in [2.75, 3.05) is 25.0 Å². The molecule has 1 aliphatic heterocycles. The maximum Gasteiger partial charge on any atom is 0.250 e. The van der Waals surface area contributed by atoms with Crippen molar-refractivity contribution in [3.05, 3.63) is 84.3 Å². The normalized spacial score (nSPS) is 15.0. The Morgan fingerprint density at radius 3 is 2.26 bits per heavy atom. The van der Waals surface area contributed by atoms with E-state index in [1.165, 1.54) is 0 Å². The molecule has 4 rings (SSSR count). The molecule has 1 saturated heterocycles. The fourth-order valence-electron chi connectivity index (χ4n) is 4.37. The van der Waals surface area contributed by atoms with Crippen molar-refractivity contribution in [2.24, 2.45) is 5.41 Å². The topological polar surface area (TPSA) is 106 Å². The predicted octanol–water partition coefficient (Wildman–Crippen LogP) is 3.78. The van der Waals surface area contributed by atoms with Crippen molar-refractivity contribution >= 4 is 23.5 Å². The monoisotopic (exact) mass is 531 g/mol. The minimum atomic E-state index is -0.929. The summed E-state index contributed by atoms with van der Waals surface area (Å²) in [6, 6.07) is 17.6. The second-order valence-corrected chi connectivity index (χ2v) is 10.8. The van der Waals surface area contributed by atoms with Crippen LogP contribution in [0, 0.1) is 5.41 Å². The highest BCUT2D eigenvalue weighted by molar-refractivity contribution is 5.97. The number of carbonyl (C=O) groups is 3. The Morgan fingerprint density at radius 2 is 1.62 bits per heavy atom. The number of likely N-dealkylation sites (tertiary alicyclic amines) is 1. The van der Waals surface area contributed by atoms with Gasteiger partial charge in [0.05, 0.1) is 19.5 Å². The lowest BCUT2D eigenvalue weighted by Gasteiger charge is -2.24. The van der Waals surface area contributed by atoms with Crippen LogP contribution in [0.2, 0.25) is 0 Å². The largest absolute Gasteiger partial charge is 0.374 e. The van der Waals surface area contributed by atoms with Crippen LogP contribution >= 0.6 is 0 Å². The summed E-state index contributed by atoms with van der Waals surface area (Å²) in [5.41, 5.74) is 1.12. The molecule has 0 radical (unpaired) electrons. The van der Waals surface area contributed by atoms with Crippen LogP contribution in [-0.4, -0.2) is 57.9 Å². The Labute approximate surface area is 229 Å². The van der Waals surface area contributed by atoms with E-state index in [9.17, 15) is 14.4 Å². The van der Waals surface area contributed by atoms with Crippen LogP contribution in [-0.2, 0) is 25.7 Å². The van der Waals surface area contributed by atoms with E-state index in [1.807, 2.05) is 65.6 Å². The van der Waals surface area contributed by atoms with Gasteiger partial charge in [0.25, 0.3) is 5.91 Å². The number of carbonyl (C=O) groups excluding carboxylic acids is 3. The van der Waals surface area contributed by atoms with Gasteiger partial charge in [0.2, 0.25) is 11.8 Å². The number of anilines is 1. The summed E-state index contributed by atoms with van der Waals surface area (Å²) >= 11 is 0. The third-order valence-corrected chi connectivity index (χ3v) is 6.62. The number of aromatic nitrogens is 2. The summed E-state index contributed by atoms with van der Waals surface area (Å²) in [5.74, 6) is -0.434. The first-order valence-electron chi connectivity index (χ1n) is 13.3. The number of hydrogen-bond donors (Lipinski definition) is 2. The highest BCUT2D eigenvalue weighted by Crippen LogP contribution is 2.24. The molecular weight excluding hydrogens is 494 g/mol. The summed E-state index contributed by atoms with van der Waals surface area (Å²) in [6.45, 7) is 7.11. The van der Waals surface area contributed by atoms with Crippen LogP contribution in [0.25, 0.3) is 0 Å². The number of hydrogen-bond acceptors (Lipinski definition) is 5. The molecule has 3 aromatic rings. The van der Waals surface area contributed by atoms with Crippen molar-refractivity contribution in [1.82, 2.24) is 19.8 Å². The Morgan fingerprint density at radius 1 is 0.974 bits per heavy atom. The van der Waals surface area contributed by atoms with Gasteiger partial charge in [-0.15, -0.1) is 0 Å². The molecular formula is C30H37N5O4. The van der Waals surface area contributed by atoms with Gasteiger partial charge in [-0.2, -0.15) is 0 Å². The highest BCUT2D eigenvalue weighted by atomic mass is 16.5. The van der Waals surface area contributed by atoms with E-state index >= 15 is 0 Å². The molecule has 39 heavy (non-hydrogen) atoms. The summed E-state index contributed by atoms with van der Waals surface area (Å²) in [5, 5.41) is 5.59. The van der Waals surface area contributed by atoms with Crippen molar-refractivity contribution in [2.45, 2.75) is 52.3 Å². The zero-order chi connectivity index (χ0) is 27.8. The molecule has 0 aliphatic carbocycles. The van der Waals surface area contributed by atoms with Crippen LogP contribution < -0.4 is 10.6 Å². The first-order chi connectivity index (χ1) is 18.7. The Kier molecular flexibility index (Phi) is 9.14. The smallest absolute Gasteiger partial charge is 0.250 e. The van der Waals surface area contributed by atoms with Crippen LogP contribution in [0.4, 0.5) is 5.82 Å². The van der Waals surface area contributed by atoms with E-state index in [4.69, 9.17) is 4.74 Å². The van der Waals surface area contributed by atoms with Gasteiger partial charge >= 0.3 is 0 Å². The van der Waals surface area contributed by atoms with Gasteiger partial charge in [0.1, 0.15) is 12.1 Å². The SMILES string of the molecule is CC(C)(C)C(=O)N[C@H](COCc1ccccc1)C(=O)Nc1cn(C(C(=O)N2CCCC2)c2ccccc2)cn1. The first-order valence-corrected chi connectivity index (χ1v) is 13.3. The summed E-state index contributed by atoms with van der Waals surface area (Å²) < 4.78 is 7.52. The number of imidazole rings is 1. The number of ether oxygens (including phenoxy) is 1. The van der Waals surface area contributed by atoms with Crippen molar-refractivity contribution in [3.8, 4) is 0 Å². The molecule has 2 heterocycles. The van der Waals surface area contributed by atoms with Crippen molar-refractivity contribution < 1.29 is 19.1 Å². The average Bonchev–Trinajstić information content (AvgIpc) is 3.62. The highest BCUT2D eigenvalue weighted by Gasteiger charge is 2.31. The van der Waals surface area contributed by atoms with Crippen LogP contribution in [0.1, 0.15) is 50.8 Å². The second-order valence-electron chi connectivity index (χ2n) is 10.8. The number of nitrogens with zero attached hydrogens (tertiary/aromatic N) is 3.